The molecule has 0 aliphatic heterocycles. The second kappa shape index (κ2) is 5.40. The van der Waals surface area contributed by atoms with Crippen molar-refractivity contribution in [3.05, 3.63) is 5.01 Å². The predicted molar refractivity (Wildman–Crippen MR) is 63.3 cm³/mol. The molecule has 1 aliphatic rings. The van der Waals surface area contributed by atoms with Gasteiger partial charge in [-0.3, -0.25) is 0 Å². The average molecular weight is 280 g/mol. The lowest BCUT2D eigenvalue weighted by Gasteiger charge is -2.30. The molecule has 18 heavy (non-hydrogen) atoms. The van der Waals surface area contributed by atoms with E-state index in [1.165, 1.54) is 0 Å². The first-order chi connectivity index (χ1) is 8.50. The Morgan fingerprint density at radius 2 is 2.00 bits per heavy atom. The number of alkyl halides is 3. The van der Waals surface area contributed by atoms with Crippen LogP contribution >= 0.6 is 11.3 Å². The molecule has 1 heterocycles. The van der Waals surface area contributed by atoms with Gasteiger partial charge in [0.05, 0.1) is 0 Å². The van der Waals surface area contributed by atoms with Crippen molar-refractivity contribution in [2.75, 3.05) is 11.9 Å². The number of aromatic nitrogens is 2. The van der Waals surface area contributed by atoms with E-state index >= 15 is 0 Å². The van der Waals surface area contributed by atoms with Crippen LogP contribution in [0.25, 0.3) is 0 Å². The third-order valence-electron chi connectivity index (χ3n) is 3.19. The van der Waals surface area contributed by atoms with Gasteiger partial charge in [0.15, 0.2) is 0 Å². The zero-order chi connectivity index (χ0) is 13.2. The number of hydrogen-bond donors (Lipinski definition) is 2. The Bertz CT molecular complexity index is 393. The fourth-order valence-electron chi connectivity index (χ4n) is 2.23. The van der Waals surface area contributed by atoms with E-state index in [2.05, 4.69) is 15.5 Å². The van der Waals surface area contributed by atoms with E-state index in [9.17, 15) is 13.2 Å². The summed E-state index contributed by atoms with van der Waals surface area (Å²) in [6, 6.07) is 0.109. The van der Waals surface area contributed by atoms with Crippen LogP contribution in [0.2, 0.25) is 0 Å². The lowest BCUT2D eigenvalue weighted by Crippen LogP contribution is -2.36. The monoisotopic (exact) mass is 280 g/mol. The smallest absolute Gasteiger partial charge is 0.357 e. The summed E-state index contributed by atoms with van der Waals surface area (Å²) in [6.07, 6.45) is -0.289. The van der Waals surface area contributed by atoms with Gasteiger partial charge < -0.3 is 11.1 Å². The van der Waals surface area contributed by atoms with Gasteiger partial charge in [-0.05, 0) is 25.3 Å². The Morgan fingerprint density at radius 1 is 1.28 bits per heavy atom. The van der Waals surface area contributed by atoms with Crippen LogP contribution in [0.5, 0.6) is 0 Å². The van der Waals surface area contributed by atoms with Crippen molar-refractivity contribution >= 4 is 16.5 Å². The summed E-state index contributed by atoms with van der Waals surface area (Å²) in [5, 5.41) is 9.05. The maximum absolute atomic E-state index is 12.4. The van der Waals surface area contributed by atoms with E-state index < -0.39 is 11.2 Å². The molecule has 1 saturated carbocycles. The van der Waals surface area contributed by atoms with Crippen LogP contribution in [0.15, 0.2) is 0 Å². The summed E-state index contributed by atoms with van der Waals surface area (Å²) >= 11 is 0.547. The van der Waals surface area contributed by atoms with Crippen LogP contribution in [-0.2, 0) is 6.18 Å². The average Bonchev–Trinajstić information content (AvgIpc) is 2.78. The molecule has 8 heteroatoms. The van der Waals surface area contributed by atoms with Crippen LogP contribution in [-0.4, -0.2) is 22.8 Å². The largest absolute Gasteiger partial charge is 0.445 e. The van der Waals surface area contributed by atoms with E-state index in [0.717, 1.165) is 25.7 Å². The predicted octanol–water partition coefficient (Wildman–Crippen LogP) is 2.49. The minimum Gasteiger partial charge on any atom is -0.357 e. The molecule has 1 aromatic rings. The van der Waals surface area contributed by atoms with Gasteiger partial charge in [-0.15, -0.1) is 10.2 Å². The second-order valence-corrected chi connectivity index (χ2v) is 5.42. The molecule has 0 aromatic carbocycles. The van der Waals surface area contributed by atoms with E-state index in [1.807, 2.05) is 0 Å². The van der Waals surface area contributed by atoms with E-state index in [4.69, 9.17) is 5.73 Å². The Kier molecular flexibility index (Phi) is 4.06. The van der Waals surface area contributed by atoms with Crippen LogP contribution in [0.3, 0.4) is 0 Å². The van der Waals surface area contributed by atoms with E-state index in [0.29, 0.717) is 23.8 Å². The molecule has 1 aromatic heterocycles. The van der Waals surface area contributed by atoms with E-state index in [1.54, 1.807) is 0 Å². The quantitative estimate of drug-likeness (QED) is 0.893. The summed E-state index contributed by atoms with van der Waals surface area (Å²) in [4.78, 5) is 0. The minimum absolute atomic E-state index is 0.109. The lowest BCUT2D eigenvalue weighted by molar-refractivity contribution is -0.138. The first kappa shape index (κ1) is 13.5. The standard InChI is InChI=1S/C10H15F3N4S/c11-10(12,13)8-16-17-9(18-8)15-7-4-2-1-3-6(7)5-14/h6-7H,1-5,14H2,(H,15,17). The van der Waals surface area contributed by atoms with Gasteiger partial charge in [0, 0.05) is 6.04 Å². The van der Waals surface area contributed by atoms with Crippen molar-refractivity contribution in [3.63, 3.8) is 0 Å². The zero-order valence-corrected chi connectivity index (χ0v) is 10.5. The molecule has 0 amide bonds. The lowest BCUT2D eigenvalue weighted by atomic mass is 9.85. The van der Waals surface area contributed by atoms with Crippen molar-refractivity contribution in [1.29, 1.82) is 0 Å². The molecule has 2 unspecified atom stereocenters. The van der Waals surface area contributed by atoms with Crippen molar-refractivity contribution in [1.82, 2.24) is 10.2 Å². The first-order valence-corrected chi connectivity index (χ1v) is 6.69. The van der Waals surface area contributed by atoms with Gasteiger partial charge in [0.2, 0.25) is 10.1 Å². The molecule has 2 rings (SSSR count). The molecule has 1 fully saturated rings. The molecule has 102 valence electrons. The maximum Gasteiger partial charge on any atom is 0.445 e. The molecule has 0 radical (unpaired) electrons. The molecule has 4 nitrogen and oxygen atoms in total. The highest BCUT2D eigenvalue weighted by Gasteiger charge is 2.36. The van der Waals surface area contributed by atoms with E-state index in [-0.39, 0.29) is 11.2 Å². The highest BCUT2D eigenvalue weighted by molar-refractivity contribution is 7.15. The minimum atomic E-state index is -4.42. The summed E-state index contributed by atoms with van der Waals surface area (Å²) in [7, 11) is 0. The second-order valence-electron chi connectivity index (χ2n) is 4.44. The van der Waals surface area contributed by atoms with Gasteiger partial charge in [0.1, 0.15) is 0 Å². The van der Waals surface area contributed by atoms with Crippen molar-refractivity contribution in [2.24, 2.45) is 11.7 Å². The summed E-state index contributed by atoms with van der Waals surface area (Å²) < 4.78 is 37.1. The number of halogens is 3. The third kappa shape index (κ3) is 3.11. The summed E-state index contributed by atoms with van der Waals surface area (Å²) in [6.45, 7) is 0.544. The molecule has 0 bridgehead atoms. The first-order valence-electron chi connectivity index (χ1n) is 5.88. The highest BCUT2D eigenvalue weighted by atomic mass is 32.1. The van der Waals surface area contributed by atoms with Crippen LogP contribution in [0.1, 0.15) is 30.7 Å². The van der Waals surface area contributed by atoms with Gasteiger partial charge in [-0.2, -0.15) is 13.2 Å². The van der Waals surface area contributed by atoms with Crippen molar-refractivity contribution < 1.29 is 13.2 Å². The Balaban J connectivity index is 2.02. The number of rotatable bonds is 3. The zero-order valence-electron chi connectivity index (χ0n) is 9.70. The number of hydrogen-bond acceptors (Lipinski definition) is 5. The van der Waals surface area contributed by atoms with Crippen LogP contribution in [0.4, 0.5) is 18.3 Å². The molecule has 3 N–H and O–H groups in total. The summed E-state index contributed by atoms with van der Waals surface area (Å²) in [5.74, 6) is 0.303. The number of nitrogens with one attached hydrogen (secondary N) is 1. The van der Waals surface area contributed by atoms with Gasteiger partial charge in [0.25, 0.3) is 0 Å². The number of nitrogens with two attached hydrogens (primary N) is 1. The van der Waals surface area contributed by atoms with Crippen molar-refractivity contribution in [2.45, 2.75) is 37.9 Å². The highest BCUT2D eigenvalue weighted by Crippen LogP contribution is 2.34. The summed E-state index contributed by atoms with van der Waals surface area (Å²) in [5.41, 5.74) is 5.67. The third-order valence-corrected chi connectivity index (χ3v) is 4.09. The SMILES string of the molecule is NCC1CCCCC1Nc1nnc(C(F)(F)F)s1. The maximum atomic E-state index is 12.4. The van der Waals surface area contributed by atoms with Gasteiger partial charge in [-0.1, -0.05) is 24.2 Å². The molecular weight excluding hydrogens is 265 g/mol. The van der Waals surface area contributed by atoms with Crippen LogP contribution in [0, 0.1) is 5.92 Å². The van der Waals surface area contributed by atoms with Gasteiger partial charge >= 0.3 is 6.18 Å². The molecule has 0 saturated heterocycles. The number of nitrogens with zero attached hydrogens (tertiary/aromatic N) is 2. The number of anilines is 1. The Morgan fingerprint density at radius 3 is 2.61 bits per heavy atom. The normalized spacial score (nSPS) is 25.1. The molecule has 2 atom stereocenters. The molecule has 0 spiro atoms. The Hall–Kier alpha value is -0.890. The fraction of sp³-hybridized carbons (Fsp3) is 0.800. The fourth-order valence-corrected chi connectivity index (χ4v) is 2.91. The van der Waals surface area contributed by atoms with Crippen LogP contribution < -0.4 is 11.1 Å². The topological polar surface area (TPSA) is 63.8 Å². The Labute approximate surface area is 107 Å². The van der Waals surface area contributed by atoms with Gasteiger partial charge in [-0.25, -0.2) is 0 Å². The van der Waals surface area contributed by atoms with Crippen molar-refractivity contribution in [3.8, 4) is 0 Å². The molecule has 1 aliphatic carbocycles. The molecular formula is C10H15F3N4S.